The van der Waals surface area contributed by atoms with Crippen LogP contribution >= 0.6 is 22.6 Å². The summed E-state index contributed by atoms with van der Waals surface area (Å²) in [6, 6.07) is 16.6. The number of nitrogens with one attached hydrogen (secondary N) is 1. The van der Waals surface area contributed by atoms with Gasteiger partial charge in [0.1, 0.15) is 11.5 Å². The molecule has 2 nitrogen and oxygen atoms in total. The van der Waals surface area contributed by atoms with Crippen molar-refractivity contribution in [2.75, 3.05) is 6.54 Å². The minimum Gasteiger partial charge on any atom is -0.456 e. The number of halogens is 1. The van der Waals surface area contributed by atoms with Crippen LogP contribution in [0.25, 0.3) is 0 Å². The van der Waals surface area contributed by atoms with Crippen LogP contribution in [0, 0.1) is 3.57 Å². The molecule has 0 spiro atoms. The monoisotopic (exact) mass is 367 g/mol. The van der Waals surface area contributed by atoms with E-state index in [2.05, 4.69) is 53.9 Å². The Kier molecular flexibility index (Phi) is 5.22. The van der Waals surface area contributed by atoms with Crippen molar-refractivity contribution < 1.29 is 4.74 Å². The molecule has 19 heavy (non-hydrogen) atoms. The Labute approximate surface area is 128 Å². The molecule has 1 unspecified atom stereocenters. The van der Waals surface area contributed by atoms with Gasteiger partial charge in [-0.15, -0.1) is 0 Å². The number of benzene rings is 2. The van der Waals surface area contributed by atoms with Gasteiger partial charge in [-0.3, -0.25) is 0 Å². The van der Waals surface area contributed by atoms with Crippen molar-refractivity contribution in [3.05, 3.63) is 57.7 Å². The van der Waals surface area contributed by atoms with Gasteiger partial charge in [0.25, 0.3) is 0 Å². The summed E-state index contributed by atoms with van der Waals surface area (Å²) in [5, 5.41) is 3.40. The lowest BCUT2D eigenvalue weighted by Crippen LogP contribution is -2.17. The highest BCUT2D eigenvalue weighted by molar-refractivity contribution is 14.1. The SMILES string of the molecule is CCNC(C)c1ccc(Oc2ccccc2I)cc1. The van der Waals surface area contributed by atoms with Gasteiger partial charge < -0.3 is 10.1 Å². The highest BCUT2D eigenvalue weighted by Crippen LogP contribution is 2.27. The Morgan fingerprint density at radius 3 is 2.42 bits per heavy atom. The Morgan fingerprint density at radius 1 is 1.11 bits per heavy atom. The number of hydrogen-bond acceptors (Lipinski definition) is 2. The third-order valence-electron chi connectivity index (χ3n) is 2.95. The highest BCUT2D eigenvalue weighted by Gasteiger charge is 2.05. The van der Waals surface area contributed by atoms with E-state index in [0.717, 1.165) is 21.6 Å². The van der Waals surface area contributed by atoms with Crippen molar-refractivity contribution >= 4 is 22.6 Å². The molecule has 0 aliphatic heterocycles. The molecule has 0 amide bonds. The largest absolute Gasteiger partial charge is 0.456 e. The molecule has 1 N–H and O–H groups in total. The summed E-state index contributed by atoms with van der Waals surface area (Å²) in [4.78, 5) is 0. The van der Waals surface area contributed by atoms with Crippen LogP contribution in [-0.4, -0.2) is 6.54 Å². The van der Waals surface area contributed by atoms with Crippen molar-refractivity contribution in [1.82, 2.24) is 5.32 Å². The maximum atomic E-state index is 5.88. The van der Waals surface area contributed by atoms with Gasteiger partial charge >= 0.3 is 0 Å². The fourth-order valence-corrected chi connectivity index (χ4v) is 2.40. The molecule has 100 valence electrons. The first-order valence-corrected chi connectivity index (χ1v) is 7.54. The normalized spacial score (nSPS) is 12.2. The van der Waals surface area contributed by atoms with E-state index in [0.29, 0.717) is 6.04 Å². The zero-order chi connectivity index (χ0) is 13.7. The Morgan fingerprint density at radius 2 is 1.79 bits per heavy atom. The number of ether oxygens (including phenoxy) is 1. The molecule has 2 aromatic rings. The van der Waals surface area contributed by atoms with Crippen LogP contribution < -0.4 is 10.1 Å². The molecule has 0 fully saturated rings. The van der Waals surface area contributed by atoms with Crippen LogP contribution in [0.15, 0.2) is 48.5 Å². The van der Waals surface area contributed by atoms with E-state index in [1.807, 2.05) is 36.4 Å². The van der Waals surface area contributed by atoms with Crippen LogP contribution in [-0.2, 0) is 0 Å². The minimum atomic E-state index is 0.371. The summed E-state index contributed by atoms with van der Waals surface area (Å²) in [7, 11) is 0. The standard InChI is InChI=1S/C16H18INO/c1-3-18-12(2)13-8-10-14(11-9-13)19-16-7-5-4-6-15(16)17/h4-12,18H,3H2,1-2H3. The summed E-state index contributed by atoms with van der Waals surface area (Å²) in [5.41, 5.74) is 1.27. The molecule has 0 aromatic heterocycles. The second kappa shape index (κ2) is 6.91. The van der Waals surface area contributed by atoms with Gasteiger partial charge in [-0.1, -0.05) is 31.2 Å². The molecule has 0 aliphatic rings. The molecule has 0 radical (unpaired) electrons. The maximum Gasteiger partial charge on any atom is 0.140 e. The van der Waals surface area contributed by atoms with Crippen molar-refractivity contribution in [3.63, 3.8) is 0 Å². The second-order valence-electron chi connectivity index (χ2n) is 4.38. The number of rotatable bonds is 5. The van der Waals surface area contributed by atoms with Crippen molar-refractivity contribution in [3.8, 4) is 11.5 Å². The van der Waals surface area contributed by atoms with E-state index >= 15 is 0 Å². The zero-order valence-corrected chi connectivity index (χ0v) is 13.3. The fraction of sp³-hybridized carbons (Fsp3) is 0.250. The average Bonchev–Trinajstić information content (AvgIpc) is 2.42. The van der Waals surface area contributed by atoms with E-state index in [1.165, 1.54) is 5.56 Å². The van der Waals surface area contributed by atoms with Gasteiger partial charge in [0.2, 0.25) is 0 Å². The maximum absolute atomic E-state index is 5.88. The second-order valence-corrected chi connectivity index (χ2v) is 5.54. The van der Waals surface area contributed by atoms with E-state index in [9.17, 15) is 0 Å². The number of para-hydroxylation sites is 1. The lowest BCUT2D eigenvalue weighted by atomic mass is 10.1. The van der Waals surface area contributed by atoms with Crippen molar-refractivity contribution in [2.45, 2.75) is 19.9 Å². The summed E-state index contributed by atoms with van der Waals surface area (Å²) < 4.78 is 6.99. The lowest BCUT2D eigenvalue weighted by Gasteiger charge is -2.13. The van der Waals surface area contributed by atoms with E-state index in [4.69, 9.17) is 4.74 Å². The van der Waals surface area contributed by atoms with Gasteiger partial charge in [0.05, 0.1) is 3.57 Å². The van der Waals surface area contributed by atoms with Gasteiger partial charge in [0.15, 0.2) is 0 Å². The van der Waals surface area contributed by atoms with Crippen molar-refractivity contribution in [2.24, 2.45) is 0 Å². The molecule has 0 saturated heterocycles. The van der Waals surface area contributed by atoms with E-state index in [1.54, 1.807) is 0 Å². The molecule has 0 saturated carbocycles. The van der Waals surface area contributed by atoms with Crippen molar-refractivity contribution in [1.29, 1.82) is 0 Å². The minimum absolute atomic E-state index is 0.371. The molecular weight excluding hydrogens is 349 g/mol. The average molecular weight is 367 g/mol. The first kappa shape index (κ1) is 14.3. The summed E-state index contributed by atoms with van der Waals surface area (Å²) in [6.45, 7) is 5.26. The predicted octanol–water partition coefficient (Wildman–Crippen LogP) is 4.75. The highest BCUT2D eigenvalue weighted by atomic mass is 127. The molecule has 2 aromatic carbocycles. The third-order valence-corrected chi connectivity index (χ3v) is 3.85. The summed E-state index contributed by atoms with van der Waals surface area (Å²) in [5.74, 6) is 1.77. The predicted molar refractivity (Wildman–Crippen MR) is 87.8 cm³/mol. The Bertz CT molecular complexity index is 525. The quantitative estimate of drug-likeness (QED) is 0.770. The topological polar surface area (TPSA) is 21.3 Å². The zero-order valence-electron chi connectivity index (χ0n) is 11.2. The molecule has 3 heteroatoms. The van der Waals surface area contributed by atoms with Gasteiger partial charge in [-0.05, 0) is 65.9 Å². The van der Waals surface area contributed by atoms with Crippen LogP contribution in [0.5, 0.6) is 11.5 Å². The Balaban J connectivity index is 2.09. The molecule has 2 rings (SSSR count). The fourth-order valence-electron chi connectivity index (χ4n) is 1.90. The first-order valence-electron chi connectivity index (χ1n) is 6.46. The molecular formula is C16H18INO. The molecule has 0 aliphatic carbocycles. The van der Waals surface area contributed by atoms with Crippen LogP contribution in [0.4, 0.5) is 0 Å². The smallest absolute Gasteiger partial charge is 0.140 e. The molecule has 0 bridgehead atoms. The third kappa shape index (κ3) is 3.94. The van der Waals surface area contributed by atoms with Gasteiger partial charge in [-0.2, -0.15) is 0 Å². The van der Waals surface area contributed by atoms with Crippen LogP contribution in [0.1, 0.15) is 25.5 Å². The lowest BCUT2D eigenvalue weighted by molar-refractivity contribution is 0.478. The molecule has 0 heterocycles. The first-order chi connectivity index (χ1) is 9.20. The summed E-state index contributed by atoms with van der Waals surface area (Å²) in [6.07, 6.45) is 0. The van der Waals surface area contributed by atoms with Gasteiger partial charge in [-0.25, -0.2) is 0 Å². The Hall–Kier alpha value is -1.07. The number of hydrogen-bond donors (Lipinski definition) is 1. The van der Waals surface area contributed by atoms with Gasteiger partial charge in [0, 0.05) is 6.04 Å². The van der Waals surface area contributed by atoms with E-state index in [-0.39, 0.29) is 0 Å². The van der Waals surface area contributed by atoms with E-state index < -0.39 is 0 Å². The van der Waals surface area contributed by atoms with Crippen LogP contribution in [0.3, 0.4) is 0 Å². The summed E-state index contributed by atoms with van der Waals surface area (Å²) >= 11 is 2.28. The molecule has 1 atom stereocenters. The van der Waals surface area contributed by atoms with Crippen LogP contribution in [0.2, 0.25) is 0 Å².